The standard InChI is InChI=1S/C12H18ClNO2/c1-2-5-15-6-7-16-9-10-3-4-11(13)8-12(10)14/h3-4,8H,2,5-7,9,14H2,1H3. The van der Waals surface area contributed by atoms with E-state index in [1.165, 1.54) is 0 Å². The molecule has 0 saturated carbocycles. The minimum atomic E-state index is 0.498. The summed E-state index contributed by atoms with van der Waals surface area (Å²) in [5.74, 6) is 0. The molecule has 0 bridgehead atoms. The summed E-state index contributed by atoms with van der Waals surface area (Å²) < 4.78 is 10.7. The Balaban J connectivity index is 2.21. The molecule has 0 aliphatic rings. The average Bonchev–Trinajstić information content (AvgIpc) is 2.26. The van der Waals surface area contributed by atoms with E-state index in [1.807, 2.05) is 12.1 Å². The van der Waals surface area contributed by atoms with Gasteiger partial charge < -0.3 is 15.2 Å². The van der Waals surface area contributed by atoms with Crippen LogP contribution in [0.1, 0.15) is 18.9 Å². The summed E-state index contributed by atoms with van der Waals surface area (Å²) in [6, 6.07) is 5.42. The molecule has 0 unspecified atom stereocenters. The number of benzene rings is 1. The summed E-state index contributed by atoms with van der Waals surface area (Å²) in [5, 5.41) is 0.646. The van der Waals surface area contributed by atoms with Crippen molar-refractivity contribution in [2.45, 2.75) is 20.0 Å². The molecular formula is C12H18ClNO2. The van der Waals surface area contributed by atoms with Crippen LogP contribution < -0.4 is 5.73 Å². The van der Waals surface area contributed by atoms with Gasteiger partial charge in [0.25, 0.3) is 0 Å². The SMILES string of the molecule is CCCOCCOCc1ccc(Cl)cc1N. The van der Waals surface area contributed by atoms with Crippen LogP contribution in [0.2, 0.25) is 5.02 Å². The maximum Gasteiger partial charge on any atom is 0.0738 e. The van der Waals surface area contributed by atoms with Crippen LogP contribution in [-0.2, 0) is 16.1 Å². The summed E-state index contributed by atoms with van der Waals surface area (Å²) in [6.07, 6.45) is 1.03. The Kier molecular flexibility index (Phi) is 6.23. The molecule has 0 atom stereocenters. The quantitative estimate of drug-likeness (QED) is 0.592. The van der Waals surface area contributed by atoms with Gasteiger partial charge in [0.1, 0.15) is 0 Å². The van der Waals surface area contributed by atoms with Crippen LogP contribution >= 0.6 is 11.6 Å². The van der Waals surface area contributed by atoms with Gasteiger partial charge in [0, 0.05) is 22.9 Å². The van der Waals surface area contributed by atoms with Crippen molar-refractivity contribution in [1.82, 2.24) is 0 Å². The van der Waals surface area contributed by atoms with Gasteiger partial charge >= 0.3 is 0 Å². The van der Waals surface area contributed by atoms with Gasteiger partial charge in [-0.2, -0.15) is 0 Å². The lowest BCUT2D eigenvalue weighted by atomic mass is 10.2. The fraction of sp³-hybridized carbons (Fsp3) is 0.500. The second kappa shape index (κ2) is 7.49. The third-order valence-electron chi connectivity index (χ3n) is 2.09. The third-order valence-corrected chi connectivity index (χ3v) is 2.32. The molecule has 0 aliphatic heterocycles. The van der Waals surface area contributed by atoms with Crippen molar-refractivity contribution in [1.29, 1.82) is 0 Å². The Bertz CT molecular complexity index is 318. The predicted molar refractivity (Wildman–Crippen MR) is 66.6 cm³/mol. The molecule has 1 aromatic rings. The molecule has 0 aliphatic carbocycles. The summed E-state index contributed by atoms with van der Waals surface area (Å²) in [4.78, 5) is 0. The number of nitrogens with two attached hydrogens (primary N) is 1. The van der Waals surface area contributed by atoms with Crippen LogP contribution in [0.5, 0.6) is 0 Å². The van der Waals surface area contributed by atoms with E-state index in [2.05, 4.69) is 6.92 Å². The highest BCUT2D eigenvalue weighted by molar-refractivity contribution is 6.30. The first-order chi connectivity index (χ1) is 7.74. The molecule has 16 heavy (non-hydrogen) atoms. The van der Waals surface area contributed by atoms with Crippen molar-refractivity contribution < 1.29 is 9.47 Å². The highest BCUT2D eigenvalue weighted by Gasteiger charge is 1.99. The van der Waals surface area contributed by atoms with E-state index in [0.29, 0.717) is 30.5 Å². The number of ether oxygens (including phenoxy) is 2. The lowest BCUT2D eigenvalue weighted by molar-refractivity contribution is 0.0410. The van der Waals surface area contributed by atoms with Crippen molar-refractivity contribution >= 4 is 17.3 Å². The molecule has 90 valence electrons. The van der Waals surface area contributed by atoms with Crippen LogP contribution in [-0.4, -0.2) is 19.8 Å². The second-order valence-corrected chi connectivity index (χ2v) is 3.94. The number of nitrogen functional groups attached to an aromatic ring is 1. The zero-order valence-electron chi connectivity index (χ0n) is 9.54. The molecule has 0 amide bonds. The molecule has 2 N–H and O–H groups in total. The normalized spacial score (nSPS) is 10.6. The largest absolute Gasteiger partial charge is 0.398 e. The molecule has 4 heteroatoms. The van der Waals surface area contributed by atoms with Crippen LogP contribution in [0.15, 0.2) is 18.2 Å². The summed E-state index contributed by atoms with van der Waals surface area (Å²) in [6.45, 7) is 4.57. The van der Waals surface area contributed by atoms with Gasteiger partial charge in [-0.05, 0) is 18.6 Å². The average molecular weight is 244 g/mol. The van der Waals surface area contributed by atoms with Gasteiger partial charge in [-0.3, -0.25) is 0 Å². The molecule has 1 rings (SSSR count). The first kappa shape index (κ1) is 13.3. The smallest absolute Gasteiger partial charge is 0.0738 e. The zero-order valence-corrected chi connectivity index (χ0v) is 10.3. The third kappa shape index (κ3) is 4.84. The number of halogens is 1. The van der Waals surface area contributed by atoms with Gasteiger partial charge in [-0.25, -0.2) is 0 Å². The molecule has 0 spiro atoms. The Hall–Kier alpha value is -0.770. The summed E-state index contributed by atoms with van der Waals surface area (Å²) in [7, 11) is 0. The lowest BCUT2D eigenvalue weighted by Gasteiger charge is -2.07. The van der Waals surface area contributed by atoms with Gasteiger partial charge in [-0.15, -0.1) is 0 Å². The Morgan fingerprint density at radius 1 is 1.19 bits per heavy atom. The zero-order chi connectivity index (χ0) is 11.8. The molecule has 0 radical (unpaired) electrons. The van der Waals surface area contributed by atoms with Gasteiger partial charge in [0.2, 0.25) is 0 Å². The maximum absolute atomic E-state index is 5.79. The van der Waals surface area contributed by atoms with E-state index < -0.39 is 0 Å². The second-order valence-electron chi connectivity index (χ2n) is 3.51. The molecule has 3 nitrogen and oxygen atoms in total. The first-order valence-electron chi connectivity index (χ1n) is 5.43. The van der Waals surface area contributed by atoms with Crippen LogP contribution in [0.4, 0.5) is 5.69 Å². The Labute approximate surface area is 101 Å². The maximum atomic E-state index is 5.79. The molecule has 0 heterocycles. The van der Waals surface area contributed by atoms with E-state index in [-0.39, 0.29) is 0 Å². The van der Waals surface area contributed by atoms with E-state index >= 15 is 0 Å². The summed E-state index contributed by atoms with van der Waals surface area (Å²) >= 11 is 5.79. The van der Waals surface area contributed by atoms with Gasteiger partial charge in [0.15, 0.2) is 0 Å². The van der Waals surface area contributed by atoms with Crippen LogP contribution in [0.3, 0.4) is 0 Å². The van der Waals surface area contributed by atoms with Crippen LogP contribution in [0.25, 0.3) is 0 Å². The molecule has 0 saturated heterocycles. The van der Waals surface area contributed by atoms with Crippen molar-refractivity contribution in [2.24, 2.45) is 0 Å². The Morgan fingerprint density at radius 2 is 1.94 bits per heavy atom. The molecular weight excluding hydrogens is 226 g/mol. The van der Waals surface area contributed by atoms with Crippen molar-refractivity contribution in [2.75, 3.05) is 25.6 Å². The topological polar surface area (TPSA) is 44.5 Å². The van der Waals surface area contributed by atoms with Crippen LogP contribution in [0, 0.1) is 0 Å². The minimum absolute atomic E-state index is 0.498. The first-order valence-corrected chi connectivity index (χ1v) is 5.81. The number of hydrogen-bond acceptors (Lipinski definition) is 3. The minimum Gasteiger partial charge on any atom is -0.398 e. The molecule has 0 fully saturated rings. The summed E-state index contributed by atoms with van der Waals surface area (Å²) in [5.41, 5.74) is 7.41. The lowest BCUT2D eigenvalue weighted by Crippen LogP contribution is -2.05. The van der Waals surface area contributed by atoms with E-state index in [0.717, 1.165) is 18.6 Å². The van der Waals surface area contributed by atoms with E-state index in [4.69, 9.17) is 26.8 Å². The number of hydrogen-bond donors (Lipinski definition) is 1. The fourth-order valence-corrected chi connectivity index (χ4v) is 1.42. The molecule has 0 aromatic heterocycles. The van der Waals surface area contributed by atoms with Crippen molar-refractivity contribution in [3.8, 4) is 0 Å². The van der Waals surface area contributed by atoms with Gasteiger partial charge in [0.05, 0.1) is 19.8 Å². The Morgan fingerprint density at radius 3 is 2.62 bits per heavy atom. The fourth-order valence-electron chi connectivity index (χ4n) is 1.24. The number of anilines is 1. The van der Waals surface area contributed by atoms with Crippen molar-refractivity contribution in [3.05, 3.63) is 28.8 Å². The van der Waals surface area contributed by atoms with E-state index in [9.17, 15) is 0 Å². The highest BCUT2D eigenvalue weighted by Crippen LogP contribution is 2.18. The number of rotatable bonds is 7. The van der Waals surface area contributed by atoms with Crippen molar-refractivity contribution in [3.63, 3.8) is 0 Å². The predicted octanol–water partition coefficient (Wildman–Crippen LogP) is 2.87. The molecule has 1 aromatic carbocycles. The monoisotopic (exact) mass is 243 g/mol. The van der Waals surface area contributed by atoms with Gasteiger partial charge in [-0.1, -0.05) is 24.6 Å². The van der Waals surface area contributed by atoms with E-state index in [1.54, 1.807) is 6.07 Å². The highest BCUT2D eigenvalue weighted by atomic mass is 35.5.